The lowest BCUT2D eigenvalue weighted by Gasteiger charge is -2.11. The number of rotatable bonds is 3. The van der Waals surface area contributed by atoms with Crippen molar-refractivity contribution in [3.63, 3.8) is 0 Å². The Labute approximate surface area is 123 Å². The molecule has 0 bridgehead atoms. The molecule has 1 aromatic heterocycles. The summed E-state index contributed by atoms with van der Waals surface area (Å²) in [5, 5.41) is 9.93. The molecule has 0 amide bonds. The van der Waals surface area contributed by atoms with E-state index in [1.807, 2.05) is 39.8 Å². The predicted molar refractivity (Wildman–Crippen MR) is 80.7 cm³/mol. The van der Waals surface area contributed by atoms with E-state index in [0.29, 0.717) is 10.6 Å². The van der Waals surface area contributed by atoms with Crippen LogP contribution in [-0.4, -0.2) is 16.1 Å². The molecule has 4 heteroatoms. The number of carboxylic acid groups (broad SMARTS) is 1. The van der Waals surface area contributed by atoms with Gasteiger partial charge in [-0.15, -0.1) is 0 Å². The average Bonchev–Trinajstić information content (AvgIpc) is 2.31. The maximum atomic E-state index is 11.4. The molecule has 20 heavy (non-hydrogen) atoms. The van der Waals surface area contributed by atoms with Gasteiger partial charge in [0.2, 0.25) is 0 Å². The van der Waals surface area contributed by atoms with Gasteiger partial charge in [0.25, 0.3) is 0 Å². The highest BCUT2D eigenvalue weighted by atomic mass is 32.2. The normalized spacial score (nSPS) is 10.6. The van der Waals surface area contributed by atoms with Crippen LogP contribution in [0.4, 0.5) is 0 Å². The Morgan fingerprint density at radius 1 is 1.10 bits per heavy atom. The number of aromatic nitrogens is 1. The first kappa shape index (κ1) is 14.6. The lowest BCUT2D eigenvalue weighted by atomic mass is 10.1. The molecule has 1 aromatic carbocycles. The van der Waals surface area contributed by atoms with Gasteiger partial charge in [-0.1, -0.05) is 29.5 Å². The molecular weight excluding hydrogens is 270 g/mol. The lowest BCUT2D eigenvalue weighted by molar-refractivity contribution is 0.0691. The van der Waals surface area contributed by atoms with Crippen LogP contribution in [0.5, 0.6) is 0 Å². The zero-order chi connectivity index (χ0) is 14.9. The molecule has 1 heterocycles. The second kappa shape index (κ2) is 5.67. The third-order valence-electron chi connectivity index (χ3n) is 3.06. The van der Waals surface area contributed by atoms with Gasteiger partial charge in [-0.2, -0.15) is 0 Å². The summed E-state index contributed by atoms with van der Waals surface area (Å²) < 4.78 is 0. The Kier molecular flexibility index (Phi) is 4.14. The number of benzene rings is 1. The SMILES string of the molecule is Cc1ccc(Sc2nc(C)cc(C)c2C(=O)O)c(C)c1. The third kappa shape index (κ3) is 3.02. The van der Waals surface area contributed by atoms with Crippen LogP contribution in [0.2, 0.25) is 0 Å². The van der Waals surface area contributed by atoms with Crippen LogP contribution in [-0.2, 0) is 0 Å². The second-order valence-corrected chi connectivity index (χ2v) is 5.97. The number of hydrogen-bond acceptors (Lipinski definition) is 3. The largest absolute Gasteiger partial charge is 0.478 e. The fourth-order valence-corrected chi connectivity index (χ4v) is 3.26. The molecule has 0 aliphatic carbocycles. The van der Waals surface area contributed by atoms with Crippen molar-refractivity contribution in [2.24, 2.45) is 0 Å². The van der Waals surface area contributed by atoms with Crippen LogP contribution in [0, 0.1) is 27.7 Å². The zero-order valence-corrected chi connectivity index (χ0v) is 12.8. The topological polar surface area (TPSA) is 50.2 Å². The van der Waals surface area contributed by atoms with Crippen LogP contribution < -0.4 is 0 Å². The van der Waals surface area contributed by atoms with Crippen molar-refractivity contribution in [2.45, 2.75) is 37.6 Å². The van der Waals surface area contributed by atoms with Gasteiger partial charge < -0.3 is 5.11 Å². The number of carboxylic acids is 1. The number of aryl methyl sites for hydroxylation is 4. The minimum absolute atomic E-state index is 0.292. The smallest absolute Gasteiger partial charge is 0.338 e. The zero-order valence-electron chi connectivity index (χ0n) is 12.0. The fraction of sp³-hybridized carbons (Fsp3) is 0.250. The van der Waals surface area contributed by atoms with E-state index in [2.05, 4.69) is 11.1 Å². The van der Waals surface area contributed by atoms with Crippen LogP contribution in [0.15, 0.2) is 34.2 Å². The molecule has 1 N–H and O–H groups in total. The van der Waals surface area contributed by atoms with E-state index in [4.69, 9.17) is 0 Å². The molecular formula is C16H17NO2S. The molecule has 0 aliphatic heterocycles. The number of nitrogens with zero attached hydrogens (tertiary/aromatic N) is 1. The van der Waals surface area contributed by atoms with Gasteiger partial charge in [-0.05, 0) is 51.0 Å². The summed E-state index contributed by atoms with van der Waals surface area (Å²) in [6, 6.07) is 7.93. The summed E-state index contributed by atoms with van der Waals surface area (Å²) >= 11 is 1.41. The Morgan fingerprint density at radius 2 is 1.80 bits per heavy atom. The Bertz CT molecular complexity index is 680. The summed E-state index contributed by atoms with van der Waals surface area (Å²) in [7, 11) is 0. The van der Waals surface area contributed by atoms with Crippen LogP contribution in [0.3, 0.4) is 0 Å². The van der Waals surface area contributed by atoms with Crippen molar-refractivity contribution in [3.8, 4) is 0 Å². The van der Waals surface area contributed by atoms with E-state index in [0.717, 1.165) is 21.7 Å². The molecule has 2 aromatic rings. The highest BCUT2D eigenvalue weighted by Crippen LogP contribution is 2.33. The summed E-state index contributed by atoms with van der Waals surface area (Å²) in [6.45, 7) is 7.76. The van der Waals surface area contributed by atoms with Gasteiger partial charge in [-0.3, -0.25) is 0 Å². The van der Waals surface area contributed by atoms with Crippen LogP contribution in [0.25, 0.3) is 0 Å². The van der Waals surface area contributed by atoms with E-state index < -0.39 is 5.97 Å². The predicted octanol–water partition coefficient (Wildman–Crippen LogP) is 4.16. The van der Waals surface area contributed by atoms with Gasteiger partial charge in [0.15, 0.2) is 0 Å². The van der Waals surface area contributed by atoms with E-state index in [1.54, 1.807) is 6.07 Å². The van der Waals surface area contributed by atoms with Gasteiger partial charge in [0, 0.05) is 10.6 Å². The summed E-state index contributed by atoms with van der Waals surface area (Å²) in [5.41, 5.74) is 4.20. The van der Waals surface area contributed by atoms with Crippen LogP contribution >= 0.6 is 11.8 Å². The number of carbonyl (C=O) groups is 1. The highest BCUT2D eigenvalue weighted by molar-refractivity contribution is 7.99. The Morgan fingerprint density at radius 3 is 2.40 bits per heavy atom. The maximum absolute atomic E-state index is 11.4. The third-order valence-corrected chi connectivity index (χ3v) is 4.23. The monoisotopic (exact) mass is 287 g/mol. The fourth-order valence-electron chi connectivity index (χ4n) is 2.15. The minimum atomic E-state index is -0.928. The molecule has 0 radical (unpaired) electrons. The number of pyridine rings is 1. The van der Waals surface area contributed by atoms with Crippen molar-refractivity contribution in [2.75, 3.05) is 0 Å². The molecule has 0 saturated carbocycles. The first-order valence-corrected chi connectivity index (χ1v) is 7.17. The Hall–Kier alpha value is -1.81. The van der Waals surface area contributed by atoms with Gasteiger partial charge in [0.1, 0.15) is 5.03 Å². The molecule has 104 valence electrons. The van der Waals surface area contributed by atoms with Crippen molar-refractivity contribution < 1.29 is 9.90 Å². The Balaban J connectivity index is 2.50. The van der Waals surface area contributed by atoms with E-state index in [1.165, 1.54) is 17.3 Å². The molecule has 3 nitrogen and oxygen atoms in total. The van der Waals surface area contributed by atoms with E-state index >= 15 is 0 Å². The highest BCUT2D eigenvalue weighted by Gasteiger charge is 2.17. The van der Waals surface area contributed by atoms with E-state index in [-0.39, 0.29) is 0 Å². The van der Waals surface area contributed by atoms with Gasteiger partial charge in [0.05, 0.1) is 5.56 Å². The molecule has 0 aliphatic rings. The quantitative estimate of drug-likeness (QED) is 0.920. The molecule has 0 spiro atoms. The molecule has 0 atom stereocenters. The standard InChI is InChI=1S/C16H17NO2S/c1-9-5-6-13(10(2)7-9)20-15-14(16(18)19)11(3)8-12(4)17-15/h5-8H,1-4H3,(H,18,19). The summed E-state index contributed by atoms with van der Waals surface area (Å²) in [6.07, 6.45) is 0. The first-order valence-electron chi connectivity index (χ1n) is 6.35. The number of hydrogen-bond donors (Lipinski definition) is 1. The van der Waals surface area contributed by atoms with Crippen molar-refractivity contribution in [3.05, 3.63) is 52.2 Å². The van der Waals surface area contributed by atoms with Crippen molar-refractivity contribution in [1.82, 2.24) is 4.98 Å². The molecule has 0 saturated heterocycles. The van der Waals surface area contributed by atoms with Crippen molar-refractivity contribution >= 4 is 17.7 Å². The second-order valence-electron chi connectivity index (χ2n) is 4.94. The van der Waals surface area contributed by atoms with Gasteiger partial charge >= 0.3 is 5.97 Å². The van der Waals surface area contributed by atoms with Gasteiger partial charge in [-0.25, -0.2) is 9.78 Å². The lowest BCUT2D eigenvalue weighted by Crippen LogP contribution is -2.05. The van der Waals surface area contributed by atoms with Crippen LogP contribution in [0.1, 0.15) is 32.7 Å². The van der Waals surface area contributed by atoms with E-state index in [9.17, 15) is 9.90 Å². The summed E-state index contributed by atoms with van der Waals surface area (Å²) in [4.78, 5) is 16.9. The number of aromatic carboxylic acids is 1. The first-order chi connectivity index (χ1) is 9.38. The summed E-state index contributed by atoms with van der Waals surface area (Å²) in [5.74, 6) is -0.928. The minimum Gasteiger partial charge on any atom is -0.478 e. The van der Waals surface area contributed by atoms with Crippen molar-refractivity contribution in [1.29, 1.82) is 0 Å². The molecule has 0 fully saturated rings. The molecule has 0 unspecified atom stereocenters. The maximum Gasteiger partial charge on any atom is 0.338 e. The molecule has 2 rings (SSSR count). The average molecular weight is 287 g/mol.